The summed E-state index contributed by atoms with van der Waals surface area (Å²) in [4.78, 5) is 34.8. The second-order valence-electron chi connectivity index (χ2n) is 9.75. The number of carbonyl (C=O) groups is 2. The second kappa shape index (κ2) is 10.00. The van der Waals surface area contributed by atoms with E-state index in [4.69, 9.17) is 8.83 Å². The number of nitrogens with zero attached hydrogens (tertiary/aromatic N) is 2. The molecule has 194 valence electrons. The Morgan fingerprint density at radius 3 is 2.13 bits per heavy atom. The van der Waals surface area contributed by atoms with Gasteiger partial charge in [-0.15, -0.1) is 0 Å². The third-order valence-corrected chi connectivity index (χ3v) is 7.31. The molecule has 0 saturated carbocycles. The monoisotopic (exact) mass is 511 g/mol. The SMILES string of the molecule is Cc1c(CC(=O)c2nc3c(o2)CNCC3)cccc1-c1cccc(NC(=O)c2nc3c(o2)CNCC3)c1C. The number of rotatable bonds is 6. The Kier molecular flexibility index (Phi) is 6.39. The molecule has 0 saturated heterocycles. The zero-order chi connectivity index (χ0) is 26.2. The van der Waals surface area contributed by atoms with Gasteiger partial charge < -0.3 is 24.8 Å². The zero-order valence-electron chi connectivity index (χ0n) is 21.4. The smallest absolute Gasteiger partial charge is 0.311 e. The van der Waals surface area contributed by atoms with E-state index in [0.29, 0.717) is 18.8 Å². The van der Waals surface area contributed by atoms with Gasteiger partial charge in [0.15, 0.2) is 0 Å². The van der Waals surface area contributed by atoms with Crippen LogP contribution in [0.5, 0.6) is 0 Å². The van der Waals surface area contributed by atoms with Crippen LogP contribution in [0.3, 0.4) is 0 Å². The third kappa shape index (κ3) is 4.55. The maximum absolute atomic E-state index is 13.0. The van der Waals surface area contributed by atoms with Gasteiger partial charge in [-0.3, -0.25) is 9.59 Å². The summed E-state index contributed by atoms with van der Waals surface area (Å²) in [5.74, 6) is 1.20. The standard InChI is InChI=1S/C29H29N5O4/c1-16-18(13-24(35)28-33-22-9-11-30-14-25(22)37-28)5-3-6-19(16)20-7-4-8-21(17(20)2)32-27(36)29-34-23-10-12-31-15-26(23)38-29/h3-8,30-31H,9-15H2,1-2H3,(H,32,36). The van der Waals surface area contributed by atoms with Crippen molar-refractivity contribution >= 4 is 17.4 Å². The van der Waals surface area contributed by atoms with E-state index in [2.05, 4.69) is 25.9 Å². The fourth-order valence-electron chi connectivity index (χ4n) is 5.12. The van der Waals surface area contributed by atoms with Crippen molar-refractivity contribution in [1.29, 1.82) is 0 Å². The molecule has 0 radical (unpaired) electrons. The minimum absolute atomic E-state index is 0.0733. The van der Waals surface area contributed by atoms with E-state index in [1.807, 2.05) is 50.2 Å². The number of aromatic nitrogens is 2. The molecule has 0 unspecified atom stereocenters. The van der Waals surface area contributed by atoms with E-state index in [-0.39, 0.29) is 29.9 Å². The quantitative estimate of drug-likeness (QED) is 0.333. The molecule has 9 heteroatoms. The van der Waals surface area contributed by atoms with Crippen molar-refractivity contribution in [1.82, 2.24) is 20.6 Å². The normalized spacial score (nSPS) is 14.6. The summed E-state index contributed by atoms with van der Waals surface area (Å²) < 4.78 is 11.4. The predicted octanol–water partition coefficient (Wildman–Crippen LogP) is 3.92. The van der Waals surface area contributed by atoms with Gasteiger partial charge in [0.05, 0.1) is 24.5 Å². The first-order valence-corrected chi connectivity index (χ1v) is 12.9. The van der Waals surface area contributed by atoms with Gasteiger partial charge in [0.25, 0.3) is 11.8 Å². The summed E-state index contributed by atoms with van der Waals surface area (Å²) in [6.45, 7) is 6.83. The molecule has 4 aromatic rings. The molecule has 6 rings (SSSR count). The molecule has 2 aromatic carbocycles. The van der Waals surface area contributed by atoms with Gasteiger partial charge in [0.2, 0.25) is 5.78 Å². The molecule has 4 heterocycles. The number of anilines is 1. The van der Waals surface area contributed by atoms with Gasteiger partial charge in [0, 0.05) is 38.0 Å². The first-order valence-electron chi connectivity index (χ1n) is 12.9. The number of fused-ring (bicyclic) bond motifs is 2. The number of Topliss-reactive ketones (excluding diaryl/α,β-unsaturated/α-hetero) is 1. The lowest BCUT2D eigenvalue weighted by atomic mass is 9.91. The van der Waals surface area contributed by atoms with E-state index >= 15 is 0 Å². The molecule has 2 aliphatic rings. The van der Waals surface area contributed by atoms with Gasteiger partial charge in [-0.2, -0.15) is 0 Å². The molecule has 0 spiro atoms. The summed E-state index contributed by atoms with van der Waals surface area (Å²) in [5.41, 5.74) is 7.19. The van der Waals surface area contributed by atoms with E-state index in [1.165, 1.54) is 0 Å². The number of amides is 1. The molecule has 3 N–H and O–H groups in total. The van der Waals surface area contributed by atoms with Crippen LogP contribution in [0, 0.1) is 13.8 Å². The van der Waals surface area contributed by atoms with E-state index in [9.17, 15) is 9.59 Å². The summed E-state index contributed by atoms with van der Waals surface area (Å²) in [7, 11) is 0. The van der Waals surface area contributed by atoms with Crippen LogP contribution in [0.25, 0.3) is 11.1 Å². The maximum Gasteiger partial charge on any atom is 0.311 e. The lowest BCUT2D eigenvalue weighted by Gasteiger charge is -2.16. The third-order valence-electron chi connectivity index (χ3n) is 7.31. The highest BCUT2D eigenvalue weighted by Gasteiger charge is 2.23. The fourth-order valence-corrected chi connectivity index (χ4v) is 5.12. The Balaban J connectivity index is 1.23. The Labute approximate surface area is 220 Å². The average Bonchev–Trinajstić information content (AvgIpc) is 3.56. The molecule has 38 heavy (non-hydrogen) atoms. The maximum atomic E-state index is 13.0. The molecule has 0 bridgehead atoms. The summed E-state index contributed by atoms with van der Waals surface area (Å²) in [6.07, 6.45) is 1.71. The van der Waals surface area contributed by atoms with Crippen LogP contribution in [0.4, 0.5) is 5.69 Å². The number of hydrogen-bond acceptors (Lipinski definition) is 8. The van der Waals surface area contributed by atoms with Gasteiger partial charge in [-0.05, 0) is 47.7 Å². The molecule has 9 nitrogen and oxygen atoms in total. The van der Waals surface area contributed by atoms with Crippen LogP contribution < -0.4 is 16.0 Å². The zero-order valence-corrected chi connectivity index (χ0v) is 21.4. The molecular formula is C29H29N5O4. The van der Waals surface area contributed by atoms with Crippen molar-refractivity contribution in [2.75, 3.05) is 18.4 Å². The van der Waals surface area contributed by atoms with Crippen LogP contribution in [0.1, 0.15) is 61.0 Å². The molecular weight excluding hydrogens is 482 g/mol. The van der Waals surface area contributed by atoms with Gasteiger partial charge in [-0.1, -0.05) is 30.3 Å². The van der Waals surface area contributed by atoms with Crippen LogP contribution in [-0.2, 0) is 32.4 Å². The Bertz CT molecular complexity index is 1390. The van der Waals surface area contributed by atoms with E-state index < -0.39 is 0 Å². The fraction of sp³-hybridized carbons (Fsp3) is 0.310. The summed E-state index contributed by atoms with van der Waals surface area (Å²) in [5, 5.41) is 9.42. The lowest BCUT2D eigenvalue weighted by molar-refractivity contribution is 0.0956. The Morgan fingerprint density at radius 1 is 0.842 bits per heavy atom. The second-order valence-corrected chi connectivity index (χ2v) is 9.75. The summed E-state index contributed by atoms with van der Waals surface area (Å²) in [6, 6.07) is 11.7. The molecule has 0 aliphatic carbocycles. The number of ketones is 1. The Hall–Kier alpha value is -4.08. The highest BCUT2D eigenvalue weighted by atomic mass is 16.4. The van der Waals surface area contributed by atoms with Crippen molar-refractivity contribution in [2.45, 2.75) is 46.2 Å². The van der Waals surface area contributed by atoms with Crippen molar-refractivity contribution in [2.24, 2.45) is 0 Å². The first kappa shape index (κ1) is 24.3. The lowest BCUT2D eigenvalue weighted by Crippen LogP contribution is -2.22. The van der Waals surface area contributed by atoms with Crippen LogP contribution in [-0.4, -0.2) is 34.7 Å². The Morgan fingerprint density at radius 2 is 1.45 bits per heavy atom. The van der Waals surface area contributed by atoms with E-state index in [1.54, 1.807) is 0 Å². The van der Waals surface area contributed by atoms with Gasteiger partial charge in [-0.25, -0.2) is 9.97 Å². The molecule has 2 aromatic heterocycles. The van der Waals surface area contributed by atoms with Gasteiger partial charge in [0.1, 0.15) is 11.5 Å². The van der Waals surface area contributed by atoms with E-state index in [0.717, 1.165) is 76.7 Å². The summed E-state index contributed by atoms with van der Waals surface area (Å²) >= 11 is 0. The number of hydrogen-bond donors (Lipinski definition) is 3. The molecule has 0 atom stereocenters. The molecule has 0 fully saturated rings. The predicted molar refractivity (Wildman–Crippen MR) is 141 cm³/mol. The number of nitrogens with one attached hydrogen (secondary N) is 3. The van der Waals surface area contributed by atoms with Crippen LogP contribution >= 0.6 is 0 Å². The first-order chi connectivity index (χ1) is 18.5. The molecule has 2 aliphatic heterocycles. The number of oxazole rings is 2. The van der Waals surface area contributed by atoms with Crippen molar-refractivity contribution in [3.05, 3.63) is 87.8 Å². The molecule has 1 amide bonds. The van der Waals surface area contributed by atoms with Crippen LogP contribution in [0.15, 0.2) is 45.2 Å². The topological polar surface area (TPSA) is 122 Å². The highest BCUT2D eigenvalue weighted by Crippen LogP contribution is 2.33. The van der Waals surface area contributed by atoms with Gasteiger partial charge >= 0.3 is 5.91 Å². The number of benzene rings is 2. The van der Waals surface area contributed by atoms with Crippen molar-refractivity contribution in [3.63, 3.8) is 0 Å². The average molecular weight is 512 g/mol. The number of carbonyl (C=O) groups excluding carboxylic acids is 2. The minimum atomic E-state index is -0.375. The minimum Gasteiger partial charge on any atom is -0.437 e. The highest BCUT2D eigenvalue weighted by molar-refractivity contribution is 6.02. The largest absolute Gasteiger partial charge is 0.437 e. The van der Waals surface area contributed by atoms with Crippen molar-refractivity contribution in [3.8, 4) is 11.1 Å². The van der Waals surface area contributed by atoms with Crippen molar-refractivity contribution < 1.29 is 18.4 Å². The van der Waals surface area contributed by atoms with Crippen LogP contribution in [0.2, 0.25) is 0 Å².